The second-order valence-electron chi connectivity index (χ2n) is 5.12. The smallest absolute Gasteiger partial charge is 0.187 e. The lowest BCUT2D eigenvalue weighted by molar-refractivity contribution is 0.104. The molecule has 0 saturated carbocycles. The molecule has 0 aromatic heterocycles. The fourth-order valence-electron chi connectivity index (χ4n) is 1.95. The van der Waals surface area contributed by atoms with Crippen LogP contribution in [0.5, 0.6) is 0 Å². The zero-order chi connectivity index (χ0) is 15.4. The first-order valence-electron chi connectivity index (χ1n) is 6.78. The molecule has 0 unspecified atom stereocenters. The van der Waals surface area contributed by atoms with Gasteiger partial charge in [0.1, 0.15) is 5.82 Å². The summed E-state index contributed by atoms with van der Waals surface area (Å²) in [5.74, 6) is -0.456. The average molecular weight is 283 g/mol. The Morgan fingerprint density at radius 2 is 1.81 bits per heavy atom. The van der Waals surface area contributed by atoms with Crippen LogP contribution >= 0.6 is 0 Å². The Balaban J connectivity index is 2.08. The molecule has 2 nitrogen and oxygen atoms in total. The zero-order valence-electron chi connectivity index (χ0n) is 12.4. The van der Waals surface area contributed by atoms with Crippen LogP contribution in [-0.4, -0.2) is 5.78 Å². The highest BCUT2D eigenvalue weighted by atomic mass is 19.1. The van der Waals surface area contributed by atoms with Crippen LogP contribution in [0.4, 0.5) is 10.1 Å². The summed E-state index contributed by atoms with van der Waals surface area (Å²) >= 11 is 0. The first-order valence-corrected chi connectivity index (χ1v) is 6.78. The number of halogens is 1. The van der Waals surface area contributed by atoms with Crippen LogP contribution in [0.2, 0.25) is 0 Å². The lowest BCUT2D eigenvalue weighted by atomic mass is 10.0. The van der Waals surface area contributed by atoms with Crippen LogP contribution in [-0.2, 0) is 0 Å². The number of allylic oxidation sites excluding steroid dienone is 1. The summed E-state index contributed by atoms with van der Waals surface area (Å²) in [5, 5.41) is 2.80. The molecular formula is C18H18FNO. The van der Waals surface area contributed by atoms with Crippen molar-refractivity contribution in [2.75, 3.05) is 5.32 Å². The highest BCUT2D eigenvalue weighted by Crippen LogP contribution is 2.16. The third-order valence-corrected chi connectivity index (χ3v) is 3.39. The molecule has 0 atom stereocenters. The van der Waals surface area contributed by atoms with Crippen molar-refractivity contribution in [1.82, 2.24) is 0 Å². The molecule has 3 heteroatoms. The van der Waals surface area contributed by atoms with Crippen LogP contribution < -0.4 is 5.32 Å². The first kappa shape index (κ1) is 15.0. The summed E-state index contributed by atoms with van der Waals surface area (Å²) in [5.41, 5.74) is 4.16. The van der Waals surface area contributed by atoms with E-state index in [0.29, 0.717) is 11.3 Å². The molecule has 1 N–H and O–H groups in total. The molecular weight excluding hydrogens is 265 g/mol. The summed E-state index contributed by atoms with van der Waals surface area (Å²) < 4.78 is 13.5. The van der Waals surface area contributed by atoms with E-state index in [0.717, 1.165) is 16.7 Å². The lowest BCUT2D eigenvalue weighted by Gasteiger charge is -2.04. The number of carbonyl (C=O) groups is 1. The molecule has 0 aliphatic rings. The van der Waals surface area contributed by atoms with E-state index < -0.39 is 0 Å². The molecule has 0 radical (unpaired) electrons. The molecule has 2 rings (SSSR count). The number of aryl methyl sites for hydroxylation is 3. The van der Waals surface area contributed by atoms with E-state index in [1.54, 1.807) is 18.2 Å². The van der Waals surface area contributed by atoms with Crippen molar-refractivity contribution in [2.24, 2.45) is 0 Å². The quantitative estimate of drug-likeness (QED) is 0.658. The van der Waals surface area contributed by atoms with E-state index in [9.17, 15) is 9.18 Å². The van der Waals surface area contributed by atoms with Crippen molar-refractivity contribution in [3.05, 3.63) is 76.7 Å². The first-order chi connectivity index (χ1) is 9.97. The second-order valence-corrected chi connectivity index (χ2v) is 5.12. The van der Waals surface area contributed by atoms with Gasteiger partial charge in [-0.2, -0.15) is 0 Å². The van der Waals surface area contributed by atoms with Gasteiger partial charge in [0.15, 0.2) is 5.78 Å². The summed E-state index contributed by atoms with van der Waals surface area (Å²) in [6, 6.07) is 10.4. The van der Waals surface area contributed by atoms with E-state index in [1.807, 2.05) is 32.9 Å². The van der Waals surface area contributed by atoms with E-state index in [2.05, 4.69) is 5.32 Å². The van der Waals surface area contributed by atoms with Crippen molar-refractivity contribution in [3.8, 4) is 0 Å². The fraction of sp³-hybridized carbons (Fsp3) is 0.167. The summed E-state index contributed by atoms with van der Waals surface area (Å²) in [4.78, 5) is 12.0. The van der Waals surface area contributed by atoms with Crippen LogP contribution in [0, 0.1) is 26.6 Å². The number of nitrogens with one attached hydrogen (secondary N) is 1. The van der Waals surface area contributed by atoms with Crippen molar-refractivity contribution in [1.29, 1.82) is 0 Å². The third kappa shape index (κ3) is 3.78. The van der Waals surface area contributed by atoms with Gasteiger partial charge in [0.2, 0.25) is 0 Å². The van der Waals surface area contributed by atoms with Gasteiger partial charge in [0.25, 0.3) is 0 Å². The molecule has 0 amide bonds. The number of benzene rings is 2. The largest absolute Gasteiger partial charge is 0.359 e. The minimum absolute atomic E-state index is 0.112. The Kier molecular flexibility index (Phi) is 4.53. The van der Waals surface area contributed by atoms with Gasteiger partial charge < -0.3 is 5.32 Å². The van der Waals surface area contributed by atoms with Crippen LogP contribution in [0.15, 0.2) is 48.7 Å². The predicted octanol–water partition coefficient (Wildman–Crippen LogP) is 4.56. The molecule has 0 aliphatic heterocycles. The second kappa shape index (κ2) is 6.35. The van der Waals surface area contributed by atoms with Gasteiger partial charge in [0.05, 0.1) is 5.69 Å². The maximum absolute atomic E-state index is 13.5. The van der Waals surface area contributed by atoms with E-state index >= 15 is 0 Å². The lowest BCUT2D eigenvalue weighted by Crippen LogP contribution is -1.98. The number of hydrogen-bond acceptors (Lipinski definition) is 2. The summed E-state index contributed by atoms with van der Waals surface area (Å²) in [6.45, 7) is 5.85. The molecule has 2 aromatic carbocycles. The van der Waals surface area contributed by atoms with Crippen LogP contribution in [0.1, 0.15) is 27.0 Å². The van der Waals surface area contributed by atoms with Crippen molar-refractivity contribution in [2.45, 2.75) is 20.8 Å². The monoisotopic (exact) mass is 283 g/mol. The Bertz CT molecular complexity index is 704. The number of hydrogen-bond donors (Lipinski definition) is 1. The van der Waals surface area contributed by atoms with Gasteiger partial charge in [-0.1, -0.05) is 18.2 Å². The minimum atomic E-state index is -0.344. The maximum atomic E-state index is 13.5. The van der Waals surface area contributed by atoms with E-state index in [1.165, 1.54) is 18.3 Å². The molecule has 0 heterocycles. The molecule has 108 valence electrons. The standard InChI is InChI=1S/C18H18FNO/c1-12-4-7-16(19)17(10-12)20-9-8-18(21)15-6-5-13(2)14(3)11-15/h4-11,20H,1-3H3/b9-8+. The number of anilines is 1. The molecule has 0 saturated heterocycles. The Labute approximate surface area is 124 Å². The highest BCUT2D eigenvalue weighted by molar-refractivity contribution is 6.04. The van der Waals surface area contributed by atoms with Gasteiger partial charge in [-0.05, 0) is 55.7 Å². The molecule has 2 aromatic rings. The van der Waals surface area contributed by atoms with Crippen molar-refractivity contribution < 1.29 is 9.18 Å². The molecule has 0 bridgehead atoms. The summed E-state index contributed by atoms with van der Waals surface area (Å²) in [7, 11) is 0. The van der Waals surface area contributed by atoms with Gasteiger partial charge in [-0.15, -0.1) is 0 Å². The molecule has 0 spiro atoms. The van der Waals surface area contributed by atoms with Gasteiger partial charge >= 0.3 is 0 Å². The predicted molar refractivity (Wildman–Crippen MR) is 84.1 cm³/mol. The number of ketones is 1. The van der Waals surface area contributed by atoms with Gasteiger partial charge in [0, 0.05) is 17.8 Å². The number of rotatable bonds is 4. The van der Waals surface area contributed by atoms with E-state index in [4.69, 9.17) is 0 Å². The Morgan fingerprint density at radius 1 is 1.05 bits per heavy atom. The van der Waals surface area contributed by atoms with Crippen molar-refractivity contribution >= 4 is 11.5 Å². The fourth-order valence-corrected chi connectivity index (χ4v) is 1.95. The van der Waals surface area contributed by atoms with Gasteiger partial charge in [-0.3, -0.25) is 4.79 Å². The number of carbonyl (C=O) groups excluding carboxylic acids is 1. The van der Waals surface area contributed by atoms with Crippen LogP contribution in [0.3, 0.4) is 0 Å². The SMILES string of the molecule is Cc1ccc(F)c(N/C=C/C(=O)c2ccc(C)c(C)c2)c1. The van der Waals surface area contributed by atoms with Crippen molar-refractivity contribution in [3.63, 3.8) is 0 Å². The third-order valence-electron chi connectivity index (χ3n) is 3.39. The Hall–Kier alpha value is -2.42. The normalized spacial score (nSPS) is 10.9. The topological polar surface area (TPSA) is 29.1 Å². The Morgan fingerprint density at radius 3 is 2.52 bits per heavy atom. The zero-order valence-corrected chi connectivity index (χ0v) is 12.4. The average Bonchev–Trinajstić information content (AvgIpc) is 2.45. The van der Waals surface area contributed by atoms with Gasteiger partial charge in [-0.25, -0.2) is 4.39 Å². The molecule has 0 fully saturated rings. The highest BCUT2D eigenvalue weighted by Gasteiger charge is 2.04. The summed E-state index contributed by atoms with van der Waals surface area (Å²) in [6.07, 6.45) is 2.88. The van der Waals surface area contributed by atoms with E-state index in [-0.39, 0.29) is 11.6 Å². The van der Waals surface area contributed by atoms with Crippen LogP contribution in [0.25, 0.3) is 0 Å². The minimum Gasteiger partial charge on any atom is -0.359 e. The maximum Gasteiger partial charge on any atom is 0.187 e. The molecule has 21 heavy (non-hydrogen) atoms. The molecule has 0 aliphatic carbocycles.